The van der Waals surface area contributed by atoms with Crippen molar-refractivity contribution < 1.29 is 0 Å². The van der Waals surface area contributed by atoms with Crippen LogP contribution in [0.15, 0.2) is 30.3 Å². The number of rotatable bonds is 9. The SMILES string of the molecule is CCN(CC)CCNCCC(C)c1ccccc1. The lowest BCUT2D eigenvalue weighted by Crippen LogP contribution is -2.32. The van der Waals surface area contributed by atoms with E-state index in [9.17, 15) is 0 Å². The van der Waals surface area contributed by atoms with Crippen LogP contribution in [0.2, 0.25) is 0 Å². The molecule has 1 N–H and O–H groups in total. The summed E-state index contributed by atoms with van der Waals surface area (Å²) in [4.78, 5) is 2.45. The van der Waals surface area contributed by atoms with Crippen LogP contribution >= 0.6 is 0 Å². The van der Waals surface area contributed by atoms with E-state index < -0.39 is 0 Å². The zero-order chi connectivity index (χ0) is 13.2. The van der Waals surface area contributed by atoms with E-state index in [1.54, 1.807) is 0 Å². The Kier molecular flexibility index (Phi) is 7.70. The minimum Gasteiger partial charge on any atom is -0.315 e. The van der Waals surface area contributed by atoms with Crippen molar-refractivity contribution >= 4 is 0 Å². The average molecular weight is 248 g/mol. The molecule has 0 saturated heterocycles. The molecule has 0 aromatic heterocycles. The summed E-state index contributed by atoms with van der Waals surface area (Å²) in [5, 5.41) is 3.54. The van der Waals surface area contributed by atoms with Crippen LogP contribution in [0.5, 0.6) is 0 Å². The minimum absolute atomic E-state index is 0.646. The van der Waals surface area contributed by atoms with E-state index in [1.165, 1.54) is 12.0 Å². The highest BCUT2D eigenvalue weighted by Crippen LogP contribution is 2.17. The van der Waals surface area contributed by atoms with E-state index in [0.29, 0.717) is 5.92 Å². The number of benzene rings is 1. The lowest BCUT2D eigenvalue weighted by molar-refractivity contribution is 0.302. The van der Waals surface area contributed by atoms with Gasteiger partial charge in [-0.1, -0.05) is 51.1 Å². The van der Waals surface area contributed by atoms with Crippen LogP contribution in [0.3, 0.4) is 0 Å². The number of hydrogen-bond donors (Lipinski definition) is 1. The first-order chi connectivity index (χ1) is 8.77. The van der Waals surface area contributed by atoms with Gasteiger partial charge in [-0.2, -0.15) is 0 Å². The van der Waals surface area contributed by atoms with E-state index in [-0.39, 0.29) is 0 Å². The molecule has 18 heavy (non-hydrogen) atoms. The first kappa shape index (κ1) is 15.2. The standard InChI is InChI=1S/C16H28N2/c1-4-18(5-2)14-13-17-12-11-15(3)16-9-7-6-8-10-16/h6-10,15,17H,4-5,11-14H2,1-3H3. The highest BCUT2D eigenvalue weighted by molar-refractivity contribution is 5.18. The van der Waals surface area contributed by atoms with Gasteiger partial charge in [-0.3, -0.25) is 0 Å². The third kappa shape index (κ3) is 5.65. The average Bonchev–Trinajstić information content (AvgIpc) is 2.43. The second kappa shape index (κ2) is 9.12. The van der Waals surface area contributed by atoms with Gasteiger partial charge in [0.15, 0.2) is 0 Å². The van der Waals surface area contributed by atoms with Gasteiger partial charge in [0.1, 0.15) is 0 Å². The molecule has 0 amide bonds. The van der Waals surface area contributed by atoms with E-state index >= 15 is 0 Å². The summed E-state index contributed by atoms with van der Waals surface area (Å²) < 4.78 is 0. The molecular weight excluding hydrogens is 220 g/mol. The van der Waals surface area contributed by atoms with Crippen LogP contribution in [-0.2, 0) is 0 Å². The smallest absolute Gasteiger partial charge is 0.0107 e. The third-order valence-corrected chi connectivity index (χ3v) is 3.62. The van der Waals surface area contributed by atoms with Gasteiger partial charge in [0, 0.05) is 13.1 Å². The Morgan fingerprint density at radius 1 is 1.06 bits per heavy atom. The van der Waals surface area contributed by atoms with Crippen molar-refractivity contribution in [3.8, 4) is 0 Å². The molecule has 0 aliphatic rings. The molecule has 1 aromatic rings. The molecule has 2 heteroatoms. The summed E-state index contributed by atoms with van der Waals surface area (Å²) in [6.07, 6.45) is 1.21. The minimum atomic E-state index is 0.646. The van der Waals surface area contributed by atoms with Gasteiger partial charge in [-0.15, -0.1) is 0 Å². The largest absolute Gasteiger partial charge is 0.315 e. The number of nitrogens with zero attached hydrogens (tertiary/aromatic N) is 1. The van der Waals surface area contributed by atoms with E-state index in [0.717, 1.165) is 32.7 Å². The molecule has 0 aliphatic carbocycles. The van der Waals surface area contributed by atoms with Crippen LogP contribution in [0.4, 0.5) is 0 Å². The molecule has 0 spiro atoms. The predicted molar refractivity (Wildman–Crippen MR) is 80.1 cm³/mol. The van der Waals surface area contributed by atoms with Crippen LogP contribution < -0.4 is 5.32 Å². The van der Waals surface area contributed by atoms with Crippen molar-refractivity contribution in [1.82, 2.24) is 10.2 Å². The molecule has 0 saturated carbocycles. The number of likely N-dealkylation sites (N-methyl/N-ethyl adjacent to an activating group) is 1. The van der Waals surface area contributed by atoms with Gasteiger partial charge >= 0.3 is 0 Å². The van der Waals surface area contributed by atoms with Crippen molar-refractivity contribution in [3.05, 3.63) is 35.9 Å². The van der Waals surface area contributed by atoms with Gasteiger partial charge < -0.3 is 10.2 Å². The van der Waals surface area contributed by atoms with Crippen molar-refractivity contribution in [2.45, 2.75) is 33.1 Å². The van der Waals surface area contributed by atoms with E-state index in [2.05, 4.69) is 61.3 Å². The van der Waals surface area contributed by atoms with Gasteiger partial charge in [-0.05, 0) is 37.5 Å². The number of hydrogen-bond acceptors (Lipinski definition) is 2. The van der Waals surface area contributed by atoms with E-state index in [1.807, 2.05) is 0 Å². The lowest BCUT2D eigenvalue weighted by Gasteiger charge is -2.18. The highest BCUT2D eigenvalue weighted by Gasteiger charge is 2.04. The normalized spacial score (nSPS) is 12.9. The first-order valence-electron chi connectivity index (χ1n) is 7.25. The maximum Gasteiger partial charge on any atom is 0.0107 e. The third-order valence-electron chi connectivity index (χ3n) is 3.62. The number of nitrogens with one attached hydrogen (secondary N) is 1. The Morgan fingerprint density at radius 3 is 2.33 bits per heavy atom. The molecule has 1 aromatic carbocycles. The second-order valence-electron chi connectivity index (χ2n) is 4.88. The Hall–Kier alpha value is -0.860. The molecule has 0 fully saturated rings. The fourth-order valence-corrected chi connectivity index (χ4v) is 2.17. The summed E-state index contributed by atoms with van der Waals surface area (Å²) in [6, 6.07) is 10.8. The summed E-state index contributed by atoms with van der Waals surface area (Å²) in [6.45, 7) is 12.4. The van der Waals surface area contributed by atoms with Crippen LogP contribution in [0.1, 0.15) is 38.7 Å². The van der Waals surface area contributed by atoms with Crippen LogP contribution in [-0.4, -0.2) is 37.6 Å². The van der Waals surface area contributed by atoms with Crippen LogP contribution in [0, 0.1) is 0 Å². The molecule has 2 nitrogen and oxygen atoms in total. The maximum atomic E-state index is 3.54. The van der Waals surface area contributed by atoms with Gasteiger partial charge in [0.2, 0.25) is 0 Å². The molecule has 0 aliphatic heterocycles. The van der Waals surface area contributed by atoms with Crippen molar-refractivity contribution in [2.24, 2.45) is 0 Å². The fraction of sp³-hybridized carbons (Fsp3) is 0.625. The Bertz CT molecular complexity index is 293. The Morgan fingerprint density at radius 2 is 1.72 bits per heavy atom. The predicted octanol–water partition coefficient (Wildman–Crippen LogP) is 3.11. The summed E-state index contributed by atoms with van der Waals surface area (Å²) in [7, 11) is 0. The second-order valence-corrected chi connectivity index (χ2v) is 4.88. The summed E-state index contributed by atoms with van der Waals surface area (Å²) >= 11 is 0. The quantitative estimate of drug-likeness (QED) is 0.676. The molecule has 1 atom stereocenters. The van der Waals surface area contributed by atoms with Gasteiger partial charge in [0.05, 0.1) is 0 Å². The molecule has 1 rings (SSSR count). The molecule has 102 valence electrons. The highest BCUT2D eigenvalue weighted by atomic mass is 15.1. The zero-order valence-corrected chi connectivity index (χ0v) is 12.2. The first-order valence-corrected chi connectivity index (χ1v) is 7.25. The summed E-state index contributed by atoms with van der Waals surface area (Å²) in [5.41, 5.74) is 1.45. The molecule has 0 radical (unpaired) electrons. The Labute approximate surface area is 112 Å². The zero-order valence-electron chi connectivity index (χ0n) is 12.2. The molecule has 1 unspecified atom stereocenters. The fourth-order valence-electron chi connectivity index (χ4n) is 2.17. The monoisotopic (exact) mass is 248 g/mol. The Balaban J connectivity index is 2.11. The van der Waals surface area contributed by atoms with Crippen molar-refractivity contribution in [3.63, 3.8) is 0 Å². The van der Waals surface area contributed by atoms with Crippen molar-refractivity contribution in [1.29, 1.82) is 0 Å². The molecule has 0 heterocycles. The van der Waals surface area contributed by atoms with Crippen LogP contribution in [0.25, 0.3) is 0 Å². The van der Waals surface area contributed by atoms with Crippen molar-refractivity contribution in [2.75, 3.05) is 32.7 Å². The van der Waals surface area contributed by atoms with Gasteiger partial charge in [0.25, 0.3) is 0 Å². The maximum absolute atomic E-state index is 3.54. The summed E-state index contributed by atoms with van der Waals surface area (Å²) in [5.74, 6) is 0.646. The molecule has 0 bridgehead atoms. The lowest BCUT2D eigenvalue weighted by atomic mass is 9.98. The van der Waals surface area contributed by atoms with Gasteiger partial charge in [-0.25, -0.2) is 0 Å². The van der Waals surface area contributed by atoms with E-state index in [4.69, 9.17) is 0 Å². The topological polar surface area (TPSA) is 15.3 Å². The molecular formula is C16H28N2.